The Bertz CT molecular complexity index is 772. The molecular weight excluding hydrogens is 328 g/mol. The number of nitrogens with two attached hydrogens (primary N) is 1. The Morgan fingerprint density at radius 3 is 1.92 bits per heavy atom. The van der Waals surface area contributed by atoms with Gasteiger partial charge in [0.1, 0.15) is 11.0 Å². The molecule has 8 nitrogen and oxygen atoms in total. The molecule has 4 N–H and O–H groups in total. The maximum absolute atomic E-state index is 5.95. The van der Waals surface area contributed by atoms with Gasteiger partial charge in [-0.1, -0.05) is 13.8 Å². The number of nitrogens with one attached hydrogen (secondary N) is 2. The standard InChI is InChI=1S/C18H28N8/c1-3-9-20-15-14-13(22-17(19)24-15)16(21-10-4-2)25-18(23-14)26(11-5-6-11)12-7-8-12/h11-12H,3-10H2,1-2H3,(H,21,23,25)(H3,19,20,22,24). The molecule has 4 rings (SSSR count). The fourth-order valence-corrected chi connectivity index (χ4v) is 3.20. The maximum Gasteiger partial charge on any atom is 0.228 e. The van der Waals surface area contributed by atoms with Crippen LogP contribution in [0.25, 0.3) is 11.0 Å². The lowest BCUT2D eigenvalue weighted by Gasteiger charge is -2.23. The summed E-state index contributed by atoms with van der Waals surface area (Å²) in [5, 5.41) is 6.76. The molecule has 0 unspecified atom stereocenters. The van der Waals surface area contributed by atoms with E-state index >= 15 is 0 Å². The number of hydrogen-bond donors (Lipinski definition) is 3. The summed E-state index contributed by atoms with van der Waals surface area (Å²) in [7, 11) is 0. The first kappa shape index (κ1) is 17.1. The van der Waals surface area contributed by atoms with Crippen LogP contribution in [0.1, 0.15) is 52.4 Å². The van der Waals surface area contributed by atoms with Crippen LogP contribution in [0.4, 0.5) is 23.5 Å². The van der Waals surface area contributed by atoms with Gasteiger partial charge in [0.15, 0.2) is 11.6 Å². The number of aromatic nitrogens is 4. The average molecular weight is 356 g/mol. The van der Waals surface area contributed by atoms with Gasteiger partial charge in [-0.15, -0.1) is 0 Å². The number of nitrogen functional groups attached to an aromatic ring is 1. The molecule has 0 aliphatic heterocycles. The second-order valence-corrected chi connectivity index (χ2v) is 7.22. The molecule has 2 aromatic heterocycles. The van der Waals surface area contributed by atoms with Crippen LogP contribution in [0.3, 0.4) is 0 Å². The molecule has 0 spiro atoms. The van der Waals surface area contributed by atoms with Crippen molar-refractivity contribution in [1.82, 2.24) is 19.9 Å². The van der Waals surface area contributed by atoms with E-state index in [1.54, 1.807) is 0 Å². The molecule has 0 atom stereocenters. The molecule has 0 aromatic carbocycles. The molecule has 0 amide bonds. The van der Waals surface area contributed by atoms with Crippen molar-refractivity contribution in [2.45, 2.75) is 64.5 Å². The SMILES string of the molecule is CCCNc1nc(N(C2CC2)C2CC2)nc2c(NCCC)nc(N)nc12. The lowest BCUT2D eigenvalue weighted by molar-refractivity contribution is 0.757. The van der Waals surface area contributed by atoms with E-state index in [1.165, 1.54) is 25.7 Å². The molecule has 0 bridgehead atoms. The highest BCUT2D eigenvalue weighted by Gasteiger charge is 2.41. The van der Waals surface area contributed by atoms with E-state index in [-0.39, 0.29) is 5.95 Å². The summed E-state index contributed by atoms with van der Waals surface area (Å²) in [6.07, 6.45) is 6.94. The Morgan fingerprint density at radius 2 is 1.38 bits per heavy atom. The molecule has 2 aromatic rings. The summed E-state index contributed by atoms with van der Waals surface area (Å²) in [5.74, 6) is 2.50. The molecular formula is C18H28N8. The summed E-state index contributed by atoms with van der Waals surface area (Å²) >= 11 is 0. The summed E-state index contributed by atoms with van der Waals surface area (Å²) in [5.41, 5.74) is 7.40. The predicted octanol–water partition coefficient (Wildman–Crippen LogP) is 2.78. The molecule has 0 saturated heterocycles. The van der Waals surface area contributed by atoms with Gasteiger partial charge in [-0.2, -0.15) is 9.97 Å². The molecule has 2 saturated carbocycles. The molecule has 0 radical (unpaired) electrons. The lowest BCUT2D eigenvalue weighted by Crippen LogP contribution is -2.30. The van der Waals surface area contributed by atoms with E-state index in [2.05, 4.69) is 39.3 Å². The van der Waals surface area contributed by atoms with Gasteiger partial charge in [0, 0.05) is 25.2 Å². The van der Waals surface area contributed by atoms with Crippen molar-refractivity contribution in [1.29, 1.82) is 0 Å². The Labute approximate surface area is 154 Å². The largest absolute Gasteiger partial charge is 0.368 e. The van der Waals surface area contributed by atoms with Gasteiger partial charge in [0.2, 0.25) is 11.9 Å². The molecule has 2 aliphatic rings. The highest BCUT2D eigenvalue weighted by molar-refractivity contribution is 5.94. The number of nitrogens with zero attached hydrogens (tertiary/aromatic N) is 5. The minimum absolute atomic E-state index is 0.244. The van der Waals surface area contributed by atoms with Crippen molar-refractivity contribution in [2.24, 2.45) is 0 Å². The molecule has 26 heavy (non-hydrogen) atoms. The Balaban J connectivity index is 1.82. The van der Waals surface area contributed by atoms with Crippen LogP contribution in [-0.4, -0.2) is 45.1 Å². The Kier molecular flexibility index (Phi) is 4.65. The number of rotatable bonds is 9. The van der Waals surface area contributed by atoms with Crippen LogP contribution in [0.5, 0.6) is 0 Å². The molecule has 2 aliphatic carbocycles. The molecule has 140 valence electrons. The summed E-state index contributed by atoms with van der Waals surface area (Å²) in [6, 6.07) is 1.17. The van der Waals surface area contributed by atoms with Crippen LogP contribution in [0.15, 0.2) is 0 Å². The number of anilines is 4. The van der Waals surface area contributed by atoms with Crippen molar-refractivity contribution < 1.29 is 0 Å². The minimum Gasteiger partial charge on any atom is -0.368 e. The minimum atomic E-state index is 0.244. The van der Waals surface area contributed by atoms with Gasteiger partial charge in [-0.05, 0) is 38.5 Å². The van der Waals surface area contributed by atoms with Crippen molar-refractivity contribution in [2.75, 3.05) is 34.4 Å². The van der Waals surface area contributed by atoms with Gasteiger partial charge in [0.05, 0.1) is 0 Å². The van der Waals surface area contributed by atoms with Gasteiger partial charge in [-0.25, -0.2) is 9.97 Å². The highest BCUT2D eigenvalue weighted by atomic mass is 15.3. The van der Waals surface area contributed by atoms with E-state index in [4.69, 9.17) is 15.7 Å². The van der Waals surface area contributed by atoms with Crippen molar-refractivity contribution >= 4 is 34.6 Å². The second-order valence-electron chi connectivity index (χ2n) is 7.22. The van der Waals surface area contributed by atoms with E-state index in [9.17, 15) is 0 Å². The monoisotopic (exact) mass is 356 g/mol. The maximum atomic E-state index is 5.95. The van der Waals surface area contributed by atoms with Crippen molar-refractivity contribution in [3.8, 4) is 0 Å². The molecule has 8 heteroatoms. The topological polar surface area (TPSA) is 105 Å². The van der Waals surface area contributed by atoms with Crippen LogP contribution in [0, 0.1) is 0 Å². The number of hydrogen-bond acceptors (Lipinski definition) is 8. The Morgan fingerprint density at radius 1 is 0.846 bits per heavy atom. The van der Waals surface area contributed by atoms with Crippen molar-refractivity contribution in [3.63, 3.8) is 0 Å². The highest BCUT2D eigenvalue weighted by Crippen LogP contribution is 2.40. The van der Waals surface area contributed by atoms with Gasteiger partial charge in [-0.3, -0.25) is 0 Å². The lowest BCUT2D eigenvalue weighted by atomic mass is 10.3. The van der Waals surface area contributed by atoms with Gasteiger partial charge >= 0.3 is 0 Å². The van der Waals surface area contributed by atoms with Crippen LogP contribution < -0.4 is 21.3 Å². The summed E-state index contributed by atoms with van der Waals surface area (Å²) < 4.78 is 0. The van der Waals surface area contributed by atoms with Crippen LogP contribution >= 0.6 is 0 Å². The average Bonchev–Trinajstić information content (AvgIpc) is 3.53. The zero-order valence-electron chi connectivity index (χ0n) is 15.6. The molecule has 2 fully saturated rings. The van der Waals surface area contributed by atoms with E-state index in [1.807, 2.05) is 0 Å². The number of fused-ring (bicyclic) bond motifs is 1. The quantitative estimate of drug-likeness (QED) is 0.630. The second kappa shape index (κ2) is 7.09. The Hall–Kier alpha value is -2.38. The third-order valence-electron chi connectivity index (χ3n) is 4.75. The van der Waals surface area contributed by atoms with Crippen molar-refractivity contribution in [3.05, 3.63) is 0 Å². The van der Waals surface area contributed by atoms with Crippen LogP contribution in [0.2, 0.25) is 0 Å². The first-order chi connectivity index (χ1) is 12.7. The fourth-order valence-electron chi connectivity index (χ4n) is 3.20. The summed E-state index contributed by atoms with van der Waals surface area (Å²) in [4.78, 5) is 21.0. The zero-order chi connectivity index (χ0) is 18.1. The first-order valence-electron chi connectivity index (χ1n) is 9.82. The van der Waals surface area contributed by atoms with E-state index in [0.717, 1.165) is 43.2 Å². The first-order valence-corrected chi connectivity index (χ1v) is 9.82. The summed E-state index contributed by atoms with van der Waals surface area (Å²) in [6.45, 7) is 5.91. The third-order valence-corrected chi connectivity index (χ3v) is 4.75. The predicted molar refractivity (Wildman–Crippen MR) is 106 cm³/mol. The molecule has 2 heterocycles. The zero-order valence-corrected chi connectivity index (χ0v) is 15.6. The smallest absolute Gasteiger partial charge is 0.228 e. The fraction of sp³-hybridized carbons (Fsp3) is 0.667. The normalized spacial score (nSPS) is 16.7. The van der Waals surface area contributed by atoms with Gasteiger partial charge in [0.25, 0.3) is 0 Å². The van der Waals surface area contributed by atoms with E-state index < -0.39 is 0 Å². The van der Waals surface area contributed by atoms with Gasteiger partial charge < -0.3 is 21.3 Å². The van der Waals surface area contributed by atoms with Crippen LogP contribution in [-0.2, 0) is 0 Å². The van der Waals surface area contributed by atoms with E-state index in [0.29, 0.717) is 23.4 Å². The third kappa shape index (κ3) is 3.45.